The number of piperazine rings is 1. The Morgan fingerprint density at radius 2 is 1.74 bits per heavy atom. The van der Waals surface area contributed by atoms with Crippen molar-refractivity contribution in [3.8, 4) is 5.75 Å². The number of benzene rings is 2. The summed E-state index contributed by atoms with van der Waals surface area (Å²) in [4.78, 5) is 22.8. The first kappa shape index (κ1) is 20.1. The van der Waals surface area contributed by atoms with Gasteiger partial charge in [0.1, 0.15) is 5.75 Å². The molecule has 2 heterocycles. The first-order valence-electron chi connectivity index (χ1n) is 10.9. The molecule has 2 aromatic carbocycles. The second kappa shape index (κ2) is 8.71. The molecule has 1 aliphatic carbocycles. The highest BCUT2D eigenvalue weighted by Crippen LogP contribution is 2.39. The van der Waals surface area contributed by atoms with E-state index < -0.39 is 0 Å². The third-order valence-corrected chi connectivity index (χ3v) is 7.57. The summed E-state index contributed by atoms with van der Waals surface area (Å²) in [6.07, 6.45) is 6.07. The van der Waals surface area contributed by atoms with Gasteiger partial charge in [-0.2, -0.15) is 0 Å². The predicted octanol–water partition coefficient (Wildman–Crippen LogP) is 4.70. The van der Waals surface area contributed by atoms with Gasteiger partial charge in [-0.15, -0.1) is 11.3 Å². The molecule has 160 valence electrons. The van der Waals surface area contributed by atoms with E-state index in [1.54, 1.807) is 18.4 Å². The standard InChI is InChI=1S/C25H27N3O2S/c1-30-19-12-10-18(11-13-19)27-14-16-28(17-15-27)25(29)21-7-3-2-6-20(21)24-26-22-8-4-5-9-23(22)31-24/h2-5,8-13,20-21H,6-7,14-17H2,1H3. The van der Waals surface area contributed by atoms with Crippen LogP contribution in [0.2, 0.25) is 0 Å². The Bertz CT molecular complexity index is 1050. The number of allylic oxidation sites excluding steroid dienone is 2. The Balaban J connectivity index is 1.28. The van der Waals surface area contributed by atoms with E-state index in [-0.39, 0.29) is 17.7 Å². The van der Waals surface area contributed by atoms with Crippen molar-refractivity contribution >= 4 is 33.1 Å². The molecular weight excluding hydrogens is 406 g/mol. The van der Waals surface area contributed by atoms with Crippen LogP contribution >= 0.6 is 11.3 Å². The van der Waals surface area contributed by atoms with Gasteiger partial charge in [0.15, 0.2) is 0 Å². The maximum atomic E-state index is 13.5. The molecule has 2 unspecified atom stereocenters. The van der Waals surface area contributed by atoms with Crippen LogP contribution in [0.1, 0.15) is 23.8 Å². The van der Waals surface area contributed by atoms with Crippen molar-refractivity contribution in [2.24, 2.45) is 5.92 Å². The first-order valence-corrected chi connectivity index (χ1v) is 11.7. The molecule has 6 heteroatoms. The van der Waals surface area contributed by atoms with Crippen molar-refractivity contribution in [2.75, 3.05) is 38.2 Å². The number of nitrogens with zero attached hydrogens (tertiary/aromatic N) is 3. The van der Waals surface area contributed by atoms with Crippen LogP contribution < -0.4 is 9.64 Å². The highest BCUT2D eigenvalue weighted by atomic mass is 32.1. The summed E-state index contributed by atoms with van der Waals surface area (Å²) in [5, 5.41) is 1.10. The number of anilines is 1. The van der Waals surface area contributed by atoms with Gasteiger partial charge in [0.25, 0.3) is 0 Å². The predicted molar refractivity (Wildman–Crippen MR) is 126 cm³/mol. The zero-order chi connectivity index (χ0) is 21.2. The van der Waals surface area contributed by atoms with Crippen LogP contribution in [0.5, 0.6) is 5.75 Å². The number of hydrogen-bond acceptors (Lipinski definition) is 5. The summed E-state index contributed by atoms with van der Waals surface area (Å²) >= 11 is 1.74. The van der Waals surface area contributed by atoms with Gasteiger partial charge in [-0.05, 0) is 49.2 Å². The molecule has 0 spiro atoms. The maximum Gasteiger partial charge on any atom is 0.226 e. The number of carbonyl (C=O) groups is 1. The Morgan fingerprint density at radius 1 is 1.00 bits per heavy atom. The van der Waals surface area contributed by atoms with Crippen LogP contribution in [0.3, 0.4) is 0 Å². The summed E-state index contributed by atoms with van der Waals surface area (Å²) in [6.45, 7) is 3.23. The smallest absolute Gasteiger partial charge is 0.226 e. The van der Waals surface area contributed by atoms with Gasteiger partial charge in [-0.25, -0.2) is 4.98 Å². The number of ether oxygens (including phenoxy) is 1. The number of thiazole rings is 1. The fourth-order valence-corrected chi connectivity index (χ4v) is 5.77. The number of methoxy groups -OCH3 is 1. The molecule has 1 fully saturated rings. The average molecular weight is 434 g/mol. The molecule has 1 aromatic heterocycles. The number of para-hydroxylation sites is 1. The second-order valence-electron chi connectivity index (χ2n) is 8.19. The lowest BCUT2D eigenvalue weighted by molar-refractivity contribution is -0.136. The fraction of sp³-hybridized carbons (Fsp3) is 0.360. The maximum absolute atomic E-state index is 13.5. The number of aromatic nitrogens is 1. The fourth-order valence-electron chi connectivity index (χ4n) is 4.62. The second-order valence-corrected chi connectivity index (χ2v) is 9.25. The minimum Gasteiger partial charge on any atom is -0.497 e. The van der Waals surface area contributed by atoms with E-state index in [2.05, 4.69) is 52.3 Å². The zero-order valence-corrected chi connectivity index (χ0v) is 18.6. The number of rotatable bonds is 4. The third kappa shape index (κ3) is 4.04. The van der Waals surface area contributed by atoms with Crippen molar-refractivity contribution in [3.05, 3.63) is 65.7 Å². The lowest BCUT2D eigenvalue weighted by atomic mass is 9.82. The van der Waals surface area contributed by atoms with Gasteiger partial charge < -0.3 is 14.5 Å². The number of carbonyl (C=O) groups excluding carboxylic acids is 1. The molecule has 0 saturated carbocycles. The Hall–Kier alpha value is -2.86. The highest BCUT2D eigenvalue weighted by molar-refractivity contribution is 7.18. The summed E-state index contributed by atoms with van der Waals surface area (Å²) in [5.74, 6) is 1.31. The van der Waals surface area contributed by atoms with Crippen LogP contribution in [-0.4, -0.2) is 49.1 Å². The van der Waals surface area contributed by atoms with Crippen molar-refractivity contribution in [3.63, 3.8) is 0 Å². The normalized spacial score (nSPS) is 21.5. The van der Waals surface area contributed by atoms with Gasteiger partial charge in [0.05, 0.1) is 28.3 Å². The van der Waals surface area contributed by atoms with Crippen molar-refractivity contribution in [2.45, 2.75) is 18.8 Å². The van der Waals surface area contributed by atoms with Gasteiger partial charge in [0.2, 0.25) is 5.91 Å². The monoisotopic (exact) mass is 433 g/mol. The van der Waals surface area contributed by atoms with Gasteiger partial charge in [-0.1, -0.05) is 24.3 Å². The van der Waals surface area contributed by atoms with Crippen molar-refractivity contribution < 1.29 is 9.53 Å². The Labute approximate surface area is 187 Å². The molecule has 0 bridgehead atoms. The van der Waals surface area contributed by atoms with E-state index in [9.17, 15) is 4.79 Å². The summed E-state index contributed by atoms with van der Waals surface area (Å²) < 4.78 is 6.46. The lowest BCUT2D eigenvalue weighted by Crippen LogP contribution is -2.51. The van der Waals surface area contributed by atoms with Crippen LogP contribution in [-0.2, 0) is 4.79 Å². The zero-order valence-electron chi connectivity index (χ0n) is 17.7. The minimum absolute atomic E-state index is 0.0156. The van der Waals surface area contributed by atoms with E-state index >= 15 is 0 Å². The highest BCUT2D eigenvalue weighted by Gasteiger charge is 2.35. The Kier molecular flexibility index (Phi) is 5.64. The van der Waals surface area contributed by atoms with Crippen molar-refractivity contribution in [1.29, 1.82) is 0 Å². The molecule has 1 amide bonds. The summed E-state index contributed by atoms with van der Waals surface area (Å²) in [6, 6.07) is 16.4. The van der Waals surface area contributed by atoms with E-state index in [4.69, 9.17) is 9.72 Å². The third-order valence-electron chi connectivity index (χ3n) is 6.41. The van der Waals surface area contributed by atoms with Crippen molar-refractivity contribution in [1.82, 2.24) is 9.88 Å². The SMILES string of the molecule is COc1ccc(N2CCN(C(=O)C3CC=CCC3c3nc4ccccc4s3)CC2)cc1. The molecule has 3 aromatic rings. The first-order chi connectivity index (χ1) is 15.2. The van der Waals surface area contributed by atoms with E-state index in [0.29, 0.717) is 0 Å². The molecule has 1 saturated heterocycles. The molecule has 0 N–H and O–H groups in total. The molecule has 31 heavy (non-hydrogen) atoms. The van der Waals surface area contributed by atoms with E-state index in [1.165, 1.54) is 10.4 Å². The van der Waals surface area contributed by atoms with Gasteiger partial charge >= 0.3 is 0 Å². The number of amides is 1. The molecular formula is C25H27N3O2S. The molecule has 2 aliphatic rings. The molecule has 5 rings (SSSR count). The van der Waals surface area contributed by atoms with Crippen LogP contribution in [0.25, 0.3) is 10.2 Å². The molecule has 0 radical (unpaired) electrons. The summed E-state index contributed by atoms with van der Waals surface area (Å²) in [5.41, 5.74) is 2.22. The quantitative estimate of drug-likeness (QED) is 0.560. The summed E-state index contributed by atoms with van der Waals surface area (Å²) in [7, 11) is 1.68. The number of fused-ring (bicyclic) bond motifs is 1. The molecule has 1 aliphatic heterocycles. The molecule has 2 atom stereocenters. The van der Waals surface area contributed by atoms with Gasteiger partial charge in [0, 0.05) is 37.8 Å². The topological polar surface area (TPSA) is 45.7 Å². The number of hydrogen-bond donors (Lipinski definition) is 0. The van der Waals surface area contributed by atoms with Gasteiger partial charge in [-0.3, -0.25) is 4.79 Å². The average Bonchev–Trinajstić information content (AvgIpc) is 3.28. The lowest BCUT2D eigenvalue weighted by Gasteiger charge is -2.39. The van der Waals surface area contributed by atoms with Crippen LogP contribution in [0, 0.1) is 5.92 Å². The largest absolute Gasteiger partial charge is 0.497 e. The van der Waals surface area contributed by atoms with E-state index in [0.717, 1.165) is 55.3 Å². The van der Waals surface area contributed by atoms with E-state index in [1.807, 2.05) is 18.2 Å². The minimum atomic E-state index is -0.0156. The molecule has 5 nitrogen and oxygen atoms in total. The van der Waals surface area contributed by atoms with Crippen LogP contribution in [0.4, 0.5) is 5.69 Å². The van der Waals surface area contributed by atoms with Crippen LogP contribution in [0.15, 0.2) is 60.7 Å². The Morgan fingerprint density at radius 3 is 2.48 bits per heavy atom.